The Morgan fingerprint density at radius 3 is 1.35 bits per heavy atom. The van der Waals surface area contributed by atoms with Gasteiger partial charge in [0.2, 0.25) is 0 Å². The van der Waals surface area contributed by atoms with E-state index >= 15 is 0 Å². The van der Waals surface area contributed by atoms with Crippen LogP contribution in [0.25, 0.3) is 22.5 Å². The van der Waals surface area contributed by atoms with Gasteiger partial charge in [0.25, 0.3) is 0 Å². The maximum atomic E-state index is 4.41. The smallest absolute Gasteiger partial charge is 0.0704 e. The quantitative estimate of drug-likeness (QED) is 0.681. The zero-order chi connectivity index (χ0) is 13.9. The average Bonchev–Trinajstić information content (AvgIpc) is 2.47. The summed E-state index contributed by atoms with van der Waals surface area (Å²) < 4.78 is 0. The van der Waals surface area contributed by atoms with Gasteiger partial charge in [0.15, 0.2) is 0 Å². The molecule has 0 saturated carbocycles. The number of nitrogens with zero attached hydrogens (tertiary/aromatic N) is 2. The second-order valence-electron chi connectivity index (χ2n) is 5.01. The fraction of sp³-hybridized carbons (Fsp3) is 0.111. The first-order valence-electron chi connectivity index (χ1n) is 6.68. The van der Waals surface area contributed by atoms with Crippen LogP contribution in [0, 0.1) is 13.8 Å². The molecule has 0 unspecified atom stereocenters. The van der Waals surface area contributed by atoms with Crippen LogP contribution < -0.4 is 0 Å². The van der Waals surface area contributed by atoms with Gasteiger partial charge < -0.3 is 0 Å². The zero-order valence-electron chi connectivity index (χ0n) is 11.7. The van der Waals surface area contributed by atoms with Gasteiger partial charge in [-0.2, -0.15) is 0 Å². The number of benzene rings is 1. The Labute approximate surface area is 119 Å². The lowest BCUT2D eigenvalue weighted by atomic mass is 10.0. The highest BCUT2D eigenvalue weighted by Gasteiger charge is 2.02. The van der Waals surface area contributed by atoms with Crippen molar-refractivity contribution in [3.05, 3.63) is 72.1 Å². The van der Waals surface area contributed by atoms with Crippen LogP contribution in [0.3, 0.4) is 0 Å². The third-order valence-corrected chi connectivity index (χ3v) is 3.31. The van der Waals surface area contributed by atoms with Crippen molar-refractivity contribution in [3.63, 3.8) is 0 Å². The standard InChI is InChI=1S/C18H16N2/c1-13-7-9-19-17(11-13)15-3-5-16(6-4-15)18-12-14(2)8-10-20-18/h3-12H,1-2H3. The van der Waals surface area contributed by atoms with E-state index in [4.69, 9.17) is 0 Å². The van der Waals surface area contributed by atoms with E-state index in [-0.39, 0.29) is 0 Å². The van der Waals surface area contributed by atoms with Crippen molar-refractivity contribution >= 4 is 0 Å². The number of rotatable bonds is 2. The van der Waals surface area contributed by atoms with Crippen LogP contribution in [0.4, 0.5) is 0 Å². The van der Waals surface area contributed by atoms with Crippen molar-refractivity contribution < 1.29 is 0 Å². The number of aryl methyl sites for hydroxylation is 2. The number of aromatic nitrogens is 2. The lowest BCUT2D eigenvalue weighted by Gasteiger charge is -2.05. The topological polar surface area (TPSA) is 25.8 Å². The number of hydrogen-bond acceptors (Lipinski definition) is 2. The lowest BCUT2D eigenvalue weighted by molar-refractivity contribution is 1.28. The SMILES string of the molecule is Cc1ccnc(-c2ccc(-c3cc(C)ccn3)cc2)c1. The highest BCUT2D eigenvalue weighted by molar-refractivity contribution is 5.67. The van der Waals surface area contributed by atoms with E-state index in [1.807, 2.05) is 24.5 Å². The van der Waals surface area contributed by atoms with Crippen LogP contribution in [0.2, 0.25) is 0 Å². The molecule has 2 aromatic heterocycles. The van der Waals surface area contributed by atoms with E-state index < -0.39 is 0 Å². The molecule has 0 aliphatic heterocycles. The average molecular weight is 260 g/mol. The van der Waals surface area contributed by atoms with Gasteiger partial charge in [-0.25, -0.2) is 0 Å². The highest BCUT2D eigenvalue weighted by atomic mass is 14.7. The second-order valence-corrected chi connectivity index (χ2v) is 5.01. The fourth-order valence-corrected chi connectivity index (χ4v) is 2.20. The van der Waals surface area contributed by atoms with Crippen molar-refractivity contribution in [1.82, 2.24) is 9.97 Å². The van der Waals surface area contributed by atoms with Gasteiger partial charge in [-0.15, -0.1) is 0 Å². The Bertz CT molecular complexity index is 666. The molecule has 0 aliphatic rings. The third kappa shape index (κ3) is 2.59. The molecule has 3 rings (SSSR count). The summed E-state index contributed by atoms with van der Waals surface area (Å²) in [5.74, 6) is 0. The van der Waals surface area contributed by atoms with Crippen LogP contribution in [-0.2, 0) is 0 Å². The fourth-order valence-electron chi connectivity index (χ4n) is 2.20. The highest BCUT2D eigenvalue weighted by Crippen LogP contribution is 2.23. The molecule has 0 bridgehead atoms. The van der Waals surface area contributed by atoms with Crippen molar-refractivity contribution in [2.45, 2.75) is 13.8 Å². The molecule has 20 heavy (non-hydrogen) atoms. The predicted molar refractivity (Wildman–Crippen MR) is 82.4 cm³/mol. The summed E-state index contributed by atoms with van der Waals surface area (Å²) in [6.07, 6.45) is 3.70. The largest absolute Gasteiger partial charge is 0.256 e. The first-order chi connectivity index (χ1) is 9.72. The molecule has 0 aliphatic carbocycles. The third-order valence-electron chi connectivity index (χ3n) is 3.31. The molecular formula is C18H16N2. The summed E-state index contributed by atoms with van der Waals surface area (Å²) in [5.41, 5.74) is 6.72. The predicted octanol–water partition coefficient (Wildman–Crippen LogP) is 4.43. The molecule has 2 heterocycles. The van der Waals surface area contributed by atoms with Crippen LogP contribution >= 0.6 is 0 Å². The minimum atomic E-state index is 1.01. The van der Waals surface area contributed by atoms with E-state index in [9.17, 15) is 0 Å². The van der Waals surface area contributed by atoms with E-state index in [1.165, 1.54) is 11.1 Å². The molecular weight excluding hydrogens is 244 g/mol. The molecule has 0 amide bonds. The van der Waals surface area contributed by atoms with Gasteiger partial charge in [-0.05, 0) is 49.2 Å². The Morgan fingerprint density at radius 1 is 0.600 bits per heavy atom. The minimum Gasteiger partial charge on any atom is -0.256 e. The molecule has 1 aromatic carbocycles. The monoisotopic (exact) mass is 260 g/mol. The van der Waals surface area contributed by atoms with E-state index in [1.54, 1.807) is 0 Å². The maximum absolute atomic E-state index is 4.41. The minimum absolute atomic E-state index is 1.01. The van der Waals surface area contributed by atoms with Gasteiger partial charge in [0, 0.05) is 23.5 Å². The van der Waals surface area contributed by atoms with Crippen LogP contribution in [0.1, 0.15) is 11.1 Å². The van der Waals surface area contributed by atoms with E-state index in [0.29, 0.717) is 0 Å². The molecule has 0 atom stereocenters. The maximum Gasteiger partial charge on any atom is 0.0704 e. The van der Waals surface area contributed by atoms with E-state index in [2.05, 4.69) is 60.2 Å². The van der Waals surface area contributed by atoms with E-state index in [0.717, 1.165) is 22.5 Å². The Morgan fingerprint density at radius 2 is 1.00 bits per heavy atom. The van der Waals surface area contributed by atoms with Gasteiger partial charge in [0.05, 0.1) is 11.4 Å². The van der Waals surface area contributed by atoms with Crippen LogP contribution in [-0.4, -0.2) is 9.97 Å². The molecule has 2 heteroatoms. The number of hydrogen-bond donors (Lipinski definition) is 0. The van der Waals surface area contributed by atoms with Crippen molar-refractivity contribution in [2.75, 3.05) is 0 Å². The Hall–Kier alpha value is -2.48. The van der Waals surface area contributed by atoms with Crippen molar-refractivity contribution in [1.29, 1.82) is 0 Å². The molecule has 0 saturated heterocycles. The summed E-state index contributed by atoms with van der Waals surface area (Å²) in [7, 11) is 0. The van der Waals surface area contributed by atoms with Gasteiger partial charge in [-0.3, -0.25) is 9.97 Å². The molecule has 2 nitrogen and oxygen atoms in total. The van der Waals surface area contributed by atoms with Crippen LogP contribution in [0.15, 0.2) is 60.9 Å². The van der Waals surface area contributed by atoms with Gasteiger partial charge in [-0.1, -0.05) is 24.3 Å². The molecule has 0 spiro atoms. The Balaban J connectivity index is 1.96. The summed E-state index contributed by atoms with van der Waals surface area (Å²) in [6, 6.07) is 16.6. The number of pyridine rings is 2. The van der Waals surface area contributed by atoms with Gasteiger partial charge >= 0.3 is 0 Å². The molecule has 0 fully saturated rings. The zero-order valence-corrected chi connectivity index (χ0v) is 11.7. The summed E-state index contributed by atoms with van der Waals surface area (Å²) >= 11 is 0. The molecule has 0 radical (unpaired) electrons. The normalized spacial score (nSPS) is 10.5. The summed E-state index contributed by atoms with van der Waals surface area (Å²) in [6.45, 7) is 4.16. The first-order valence-corrected chi connectivity index (χ1v) is 6.68. The molecule has 3 aromatic rings. The van der Waals surface area contributed by atoms with Crippen LogP contribution in [0.5, 0.6) is 0 Å². The first kappa shape index (κ1) is 12.5. The molecule has 0 N–H and O–H groups in total. The van der Waals surface area contributed by atoms with Crippen molar-refractivity contribution in [2.24, 2.45) is 0 Å². The summed E-state index contributed by atoms with van der Waals surface area (Å²) in [4.78, 5) is 8.82. The molecule has 98 valence electrons. The second kappa shape index (κ2) is 5.25. The van der Waals surface area contributed by atoms with Crippen molar-refractivity contribution in [3.8, 4) is 22.5 Å². The Kier molecular flexibility index (Phi) is 3.30. The summed E-state index contributed by atoms with van der Waals surface area (Å²) in [5, 5.41) is 0. The lowest BCUT2D eigenvalue weighted by Crippen LogP contribution is -1.87. The van der Waals surface area contributed by atoms with Gasteiger partial charge in [0.1, 0.15) is 0 Å².